The fraction of sp³-hybridized carbons (Fsp3) is 0.429. The molecule has 1 fully saturated rings. The summed E-state index contributed by atoms with van der Waals surface area (Å²) in [5, 5.41) is 9.00. The molecule has 0 aliphatic carbocycles. The topological polar surface area (TPSA) is 57.6 Å². The van der Waals surface area contributed by atoms with Crippen LogP contribution in [0, 0.1) is 5.41 Å². The number of carboxylic acids is 1. The molecular formula is C14H13ClF3NO3. The van der Waals surface area contributed by atoms with Gasteiger partial charge in [-0.05, 0) is 31.5 Å². The van der Waals surface area contributed by atoms with Gasteiger partial charge in [-0.3, -0.25) is 9.59 Å². The molecule has 1 atom stereocenters. The first kappa shape index (κ1) is 16.6. The van der Waals surface area contributed by atoms with E-state index in [9.17, 15) is 22.8 Å². The molecule has 1 amide bonds. The Bertz CT molecular complexity index is 632. The van der Waals surface area contributed by atoms with Crippen molar-refractivity contribution >= 4 is 23.5 Å². The van der Waals surface area contributed by atoms with E-state index in [1.165, 1.54) is 13.0 Å². The minimum atomic E-state index is -4.72. The Morgan fingerprint density at radius 3 is 2.50 bits per heavy atom. The monoisotopic (exact) mass is 335 g/mol. The number of hydrogen-bond acceptors (Lipinski definition) is 2. The number of hydrogen-bond donors (Lipinski definition) is 1. The summed E-state index contributed by atoms with van der Waals surface area (Å²) in [4.78, 5) is 24.6. The smallest absolute Gasteiger partial charge is 0.417 e. The van der Waals surface area contributed by atoms with Crippen molar-refractivity contribution in [1.29, 1.82) is 0 Å². The summed E-state index contributed by atoms with van der Waals surface area (Å²) in [5.74, 6) is -1.91. The number of carbonyl (C=O) groups is 2. The standard InChI is InChI=1S/C14H13ClF3NO3/c1-13(12(21)22)4-5-19(7-13)11(20)9-3-2-8(15)6-10(9)14(16,17)18/h2-3,6H,4-5,7H2,1H3,(H,21,22). The molecule has 22 heavy (non-hydrogen) atoms. The summed E-state index contributed by atoms with van der Waals surface area (Å²) >= 11 is 5.57. The molecule has 4 nitrogen and oxygen atoms in total. The first-order chi connectivity index (χ1) is 10.0. The number of benzene rings is 1. The Balaban J connectivity index is 2.34. The third-order valence-electron chi connectivity index (χ3n) is 3.79. The summed E-state index contributed by atoms with van der Waals surface area (Å²) in [7, 11) is 0. The summed E-state index contributed by atoms with van der Waals surface area (Å²) in [6.45, 7) is 1.44. The zero-order valence-corrected chi connectivity index (χ0v) is 12.3. The van der Waals surface area contributed by atoms with Gasteiger partial charge in [-0.1, -0.05) is 11.6 Å². The lowest BCUT2D eigenvalue weighted by Gasteiger charge is -2.22. The van der Waals surface area contributed by atoms with E-state index < -0.39 is 34.6 Å². The van der Waals surface area contributed by atoms with E-state index in [0.717, 1.165) is 11.0 Å². The number of amides is 1. The molecule has 1 aromatic rings. The van der Waals surface area contributed by atoms with Gasteiger partial charge in [0.1, 0.15) is 0 Å². The van der Waals surface area contributed by atoms with Gasteiger partial charge in [0.05, 0.1) is 16.5 Å². The van der Waals surface area contributed by atoms with Crippen molar-refractivity contribution in [2.45, 2.75) is 19.5 Å². The number of likely N-dealkylation sites (tertiary alicyclic amines) is 1. The van der Waals surface area contributed by atoms with Gasteiger partial charge in [0.25, 0.3) is 5.91 Å². The predicted molar refractivity (Wildman–Crippen MR) is 72.7 cm³/mol. The largest absolute Gasteiger partial charge is 0.481 e. The highest BCUT2D eigenvalue weighted by Crippen LogP contribution is 2.36. The first-order valence-electron chi connectivity index (χ1n) is 6.44. The Kier molecular flexibility index (Phi) is 4.12. The fourth-order valence-electron chi connectivity index (χ4n) is 2.42. The van der Waals surface area contributed by atoms with Crippen LogP contribution in [0.2, 0.25) is 5.02 Å². The molecule has 1 aliphatic heterocycles. The van der Waals surface area contributed by atoms with Crippen molar-refractivity contribution in [2.24, 2.45) is 5.41 Å². The predicted octanol–water partition coefficient (Wildman–Crippen LogP) is 3.30. The molecule has 0 spiro atoms. The first-order valence-corrected chi connectivity index (χ1v) is 6.82. The van der Waals surface area contributed by atoms with Crippen LogP contribution in [0.15, 0.2) is 18.2 Å². The molecule has 1 saturated heterocycles. The number of carbonyl (C=O) groups excluding carboxylic acids is 1. The van der Waals surface area contributed by atoms with Crippen LogP contribution in [0.1, 0.15) is 29.3 Å². The lowest BCUT2D eigenvalue weighted by atomic mass is 9.90. The van der Waals surface area contributed by atoms with Gasteiger partial charge in [0.15, 0.2) is 0 Å². The van der Waals surface area contributed by atoms with Crippen molar-refractivity contribution in [3.05, 3.63) is 34.3 Å². The van der Waals surface area contributed by atoms with Gasteiger partial charge < -0.3 is 10.0 Å². The minimum Gasteiger partial charge on any atom is -0.481 e. The van der Waals surface area contributed by atoms with E-state index in [1.807, 2.05) is 0 Å². The van der Waals surface area contributed by atoms with E-state index >= 15 is 0 Å². The van der Waals surface area contributed by atoms with Crippen LogP contribution in [-0.2, 0) is 11.0 Å². The normalized spacial score (nSPS) is 22.0. The summed E-state index contributed by atoms with van der Waals surface area (Å²) in [6.07, 6.45) is -4.52. The number of halogens is 4. The number of carboxylic acid groups (broad SMARTS) is 1. The fourth-order valence-corrected chi connectivity index (χ4v) is 2.59. The zero-order chi connectivity index (χ0) is 16.7. The van der Waals surface area contributed by atoms with Crippen LogP contribution in [0.3, 0.4) is 0 Å². The Morgan fingerprint density at radius 2 is 2.00 bits per heavy atom. The third-order valence-corrected chi connectivity index (χ3v) is 4.03. The van der Waals surface area contributed by atoms with Crippen LogP contribution in [0.5, 0.6) is 0 Å². The van der Waals surface area contributed by atoms with Crippen LogP contribution in [0.4, 0.5) is 13.2 Å². The Morgan fingerprint density at radius 1 is 1.36 bits per heavy atom. The maximum atomic E-state index is 13.0. The zero-order valence-electron chi connectivity index (χ0n) is 11.6. The highest BCUT2D eigenvalue weighted by Gasteiger charge is 2.44. The van der Waals surface area contributed by atoms with Gasteiger partial charge in [-0.25, -0.2) is 0 Å². The van der Waals surface area contributed by atoms with Crippen LogP contribution < -0.4 is 0 Å². The van der Waals surface area contributed by atoms with Crippen LogP contribution >= 0.6 is 11.6 Å². The lowest BCUT2D eigenvalue weighted by Crippen LogP contribution is -2.35. The van der Waals surface area contributed by atoms with E-state index in [-0.39, 0.29) is 24.5 Å². The molecule has 0 radical (unpaired) electrons. The second kappa shape index (κ2) is 5.46. The molecule has 0 saturated carbocycles. The van der Waals surface area contributed by atoms with Gasteiger partial charge in [0, 0.05) is 18.1 Å². The molecular weight excluding hydrogens is 323 g/mol. The number of aliphatic carboxylic acids is 1. The second-order valence-corrected chi connectivity index (χ2v) is 5.97. The quantitative estimate of drug-likeness (QED) is 0.902. The lowest BCUT2D eigenvalue weighted by molar-refractivity contribution is -0.147. The minimum absolute atomic E-state index is 0.0988. The molecule has 2 rings (SSSR count). The van der Waals surface area contributed by atoms with Crippen molar-refractivity contribution in [2.75, 3.05) is 13.1 Å². The molecule has 0 aromatic heterocycles. The van der Waals surface area contributed by atoms with Gasteiger partial charge in [-0.15, -0.1) is 0 Å². The van der Waals surface area contributed by atoms with E-state index in [0.29, 0.717) is 6.07 Å². The van der Waals surface area contributed by atoms with Crippen LogP contribution in [0.25, 0.3) is 0 Å². The molecule has 1 aromatic carbocycles. The highest BCUT2D eigenvalue weighted by atomic mass is 35.5. The average Bonchev–Trinajstić information content (AvgIpc) is 2.81. The van der Waals surface area contributed by atoms with Crippen molar-refractivity contribution < 1.29 is 27.9 Å². The highest BCUT2D eigenvalue weighted by molar-refractivity contribution is 6.30. The molecule has 0 bridgehead atoms. The number of alkyl halides is 3. The van der Waals surface area contributed by atoms with Crippen LogP contribution in [-0.4, -0.2) is 35.0 Å². The van der Waals surface area contributed by atoms with E-state index in [1.54, 1.807) is 0 Å². The SMILES string of the molecule is CC1(C(=O)O)CCN(C(=O)c2ccc(Cl)cc2C(F)(F)F)C1. The molecule has 120 valence electrons. The average molecular weight is 336 g/mol. The van der Waals surface area contributed by atoms with E-state index in [2.05, 4.69) is 0 Å². The number of rotatable bonds is 2. The molecule has 1 aliphatic rings. The second-order valence-electron chi connectivity index (χ2n) is 5.53. The molecule has 1 heterocycles. The Labute approximate surface area is 129 Å². The summed E-state index contributed by atoms with van der Waals surface area (Å²) < 4.78 is 39.1. The van der Waals surface area contributed by atoms with Crippen molar-refractivity contribution in [3.8, 4) is 0 Å². The van der Waals surface area contributed by atoms with Crippen molar-refractivity contribution in [1.82, 2.24) is 4.90 Å². The van der Waals surface area contributed by atoms with Gasteiger partial charge in [-0.2, -0.15) is 13.2 Å². The summed E-state index contributed by atoms with van der Waals surface area (Å²) in [5.41, 5.74) is -2.78. The maximum Gasteiger partial charge on any atom is 0.417 e. The Hall–Kier alpha value is -1.76. The molecule has 1 N–H and O–H groups in total. The van der Waals surface area contributed by atoms with Gasteiger partial charge in [0.2, 0.25) is 0 Å². The third kappa shape index (κ3) is 3.04. The summed E-state index contributed by atoms with van der Waals surface area (Å²) in [6, 6.07) is 2.92. The van der Waals surface area contributed by atoms with E-state index in [4.69, 9.17) is 16.7 Å². The maximum absolute atomic E-state index is 13.0. The van der Waals surface area contributed by atoms with Gasteiger partial charge >= 0.3 is 12.1 Å². The van der Waals surface area contributed by atoms with Crippen molar-refractivity contribution in [3.63, 3.8) is 0 Å². The molecule has 1 unspecified atom stereocenters. The number of nitrogens with zero attached hydrogens (tertiary/aromatic N) is 1. The molecule has 8 heteroatoms.